The van der Waals surface area contributed by atoms with Gasteiger partial charge in [0.15, 0.2) is 0 Å². The standard InChI is InChI=1S/C16H16N2S/c1-12-4-2-5-13(10-17)16(12)18(14-7-8-14)11-15-6-3-9-19-15/h2-6,9,14H,7-8,11H2,1H3. The van der Waals surface area contributed by atoms with Crippen LogP contribution < -0.4 is 4.90 Å². The smallest absolute Gasteiger partial charge is 0.101 e. The van der Waals surface area contributed by atoms with Crippen molar-refractivity contribution < 1.29 is 0 Å². The highest BCUT2D eigenvalue weighted by molar-refractivity contribution is 7.09. The fraction of sp³-hybridized carbons (Fsp3) is 0.312. The third-order valence-electron chi connectivity index (χ3n) is 3.54. The Morgan fingerprint density at radius 1 is 1.32 bits per heavy atom. The first kappa shape index (κ1) is 12.3. The summed E-state index contributed by atoms with van der Waals surface area (Å²) in [4.78, 5) is 3.78. The van der Waals surface area contributed by atoms with E-state index in [1.807, 2.05) is 12.1 Å². The lowest BCUT2D eigenvalue weighted by Gasteiger charge is -2.27. The molecule has 0 bridgehead atoms. The van der Waals surface area contributed by atoms with Crippen LogP contribution in [-0.2, 0) is 6.54 Å². The van der Waals surface area contributed by atoms with Gasteiger partial charge in [0.2, 0.25) is 0 Å². The summed E-state index contributed by atoms with van der Waals surface area (Å²) in [5, 5.41) is 11.5. The second kappa shape index (κ2) is 5.07. The average molecular weight is 268 g/mol. The van der Waals surface area contributed by atoms with E-state index < -0.39 is 0 Å². The lowest BCUT2D eigenvalue weighted by atomic mass is 10.1. The average Bonchev–Trinajstić information content (AvgIpc) is 3.14. The quantitative estimate of drug-likeness (QED) is 0.834. The zero-order valence-electron chi connectivity index (χ0n) is 11.0. The van der Waals surface area contributed by atoms with Crippen LogP contribution in [0.5, 0.6) is 0 Å². The fourth-order valence-corrected chi connectivity index (χ4v) is 3.18. The molecule has 96 valence electrons. The van der Waals surface area contributed by atoms with Gasteiger partial charge in [-0.3, -0.25) is 0 Å². The van der Waals surface area contributed by atoms with Crippen LogP contribution in [0.1, 0.15) is 28.8 Å². The molecule has 19 heavy (non-hydrogen) atoms. The maximum Gasteiger partial charge on any atom is 0.101 e. The van der Waals surface area contributed by atoms with E-state index in [0.717, 1.165) is 17.8 Å². The van der Waals surface area contributed by atoms with Gasteiger partial charge in [0.05, 0.1) is 17.8 Å². The number of benzene rings is 1. The molecule has 0 aliphatic heterocycles. The molecule has 2 aromatic rings. The molecule has 0 radical (unpaired) electrons. The predicted octanol–water partition coefficient (Wildman–Crippen LogP) is 4.10. The molecule has 1 aromatic heterocycles. The van der Waals surface area contributed by atoms with E-state index in [9.17, 15) is 5.26 Å². The van der Waals surface area contributed by atoms with E-state index in [-0.39, 0.29) is 0 Å². The Labute approximate surface area is 117 Å². The SMILES string of the molecule is Cc1cccc(C#N)c1N(Cc1cccs1)C1CC1. The van der Waals surface area contributed by atoms with Crippen molar-refractivity contribution in [3.8, 4) is 6.07 Å². The minimum Gasteiger partial charge on any atom is -0.362 e. The van der Waals surface area contributed by atoms with Gasteiger partial charge >= 0.3 is 0 Å². The Bertz CT molecular complexity index is 606. The molecule has 2 nitrogen and oxygen atoms in total. The Kier molecular flexibility index (Phi) is 3.27. The van der Waals surface area contributed by atoms with Crippen molar-refractivity contribution in [2.24, 2.45) is 0 Å². The monoisotopic (exact) mass is 268 g/mol. The van der Waals surface area contributed by atoms with Crippen molar-refractivity contribution in [1.29, 1.82) is 5.26 Å². The minimum absolute atomic E-state index is 0.607. The van der Waals surface area contributed by atoms with Crippen LogP contribution in [0.25, 0.3) is 0 Å². The maximum atomic E-state index is 9.35. The molecule has 1 heterocycles. The van der Waals surface area contributed by atoms with E-state index in [4.69, 9.17) is 0 Å². The van der Waals surface area contributed by atoms with Crippen LogP contribution in [0, 0.1) is 18.3 Å². The summed E-state index contributed by atoms with van der Waals surface area (Å²) in [6, 6.07) is 13.2. The zero-order valence-corrected chi connectivity index (χ0v) is 11.8. The molecular weight excluding hydrogens is 252 g/mol. The minimum atomic E-state index is 0.607. The Morgan fingerprint density at radius 3 is 2.79 bits per heavy atom. The molecule has 0 amide bonds. The van der Waals surface area contributed by atoms with Crippen LogP contribution >= 0.6 is 11.3 Å². The van der Waals surface area contributed by atoms with Crippen LogP contribution in [0.3, 0.4) is 0 Å². The van der Waals surface area contributed by atoms with Gasteiger partial charge in [-0.15, -0.1) is 11.3 Å². The summed E-state index contributed by atoms with van der Waals surface area (Å²) in [6.07, 6.45) is 2.48. The molecule has 1 aliphatic carbocycles. The summed E-state index contributed by atoms with van der Waals surface area (Å²) < 4.78 is 0. The second-order valence-corrected chi connectivity index (χ2v) is 6.05. The van der Waals surface area contributed by atoms with Crippen molar-refractivity contribution >= 4 is 17.0 Å². The first-order valence-corrected chi connectivity index (χ1v) is 7.46. The van der Waals surface area contributed by atoms with E-state index >= 15 is 0 Å². The molecule has 0 saturated heterocycles. The summed E-state index contributed by atoms with van der Waals surface area (Å²) in [7, 11) is 0. The number of anilines is 1. The number of thiophene rings is 1. The van der Waals surface area contributed by atoms with Crippen LogP contribution in [0.4, 0.5) is 5.69 Å². The predicted molar refractivity (Wildman–Crippen MR) is 79.4 cm³/mol. The fourth-order valence-electron chi connectivity index (χ4n) is 2.48. The molecule has 3 heteroatoms. The summed E-state index contributed by atoms with van der Waals surface area (Å²) >= 11 is 1.79. The van der Waals surface area contributed by atoms with Crippen molar-refractivity contribution in [3.63, 3.8) is 0 Å². The van der Waals surface area contributed by atoms with Gasteiger partial charge in [-0.25, -0.2) is 0 Å². The highest BCUT2D eigenvalue weighted by Crippen LogP contribution is 2.37. The molecule has 3 rings (SSSR count). The zero-order chi connectivity index (χ0) is 13.2. The van der Waals surface area contributed by atoms with Crippen molar-refractivity contribution in [1.82, 2.24) is 0 Å². The largest absolute Gasteiger partial charge is 0.362 e. The number of rotatable bonds is 4. The Hall–Kier alpha value is -1.79. The van der Waals surface area contributed by atoms with Crippen molar-refractivity contribution in [2.75, 3.05) is 4.90 Å². The van der Waals surface area contributed by atoms with Gasteiger partial charge in [-0.1, -0.05) is 18.2 Å². The van der Waals surface area contributed by atoms with Crippen molar-refractivity contribution in [2.45, 2.75) is 32.4 Å². The topological polar surface area (TPSA) is 27.0 Å². The highest BCUT2D eigenvalue weighted by atomic mass is 32.1. The molecule has 0 atom stereocenters. The van der Waals surface area contributed by atoms with Gasteiger partial charge in [0.25, 0.3) is 0 Å². The van der Waals surface area contributed by atoms with Crippen LogP contribution in [-0.4, -0.2) is 6.04 Å². The van der Waals surface area contributed by atoms with E-state index in [1.54, 1.807) is 11.3 Å². The van der Waals surface area contributed by atoms with Gasteiger partial charge in [0.1, 0.15) is 6.07 Å². The molecule has 1 aliphatic rings. The Morgan fingerprint density at radius 2 is 2.16 bits per heavy atom. The number of para-hydroxylation sites is 1. The number of nitriles is 1. The molecule has 1 fully saturated rings. The molecule has 1 saturated carbocycles. The normalized spacial score (nSPS) is 14.1. The molecular formula is C16H16N2S. The number of nitrogens with zero attached hydrogens (tertiary/aromatic N) is 2. The molecule has 0 unspecified atom stereocenters. The van der Waals surface area contributed by atoms with Crippen LogP contribution in [0.15, 0.2) is 35.7 Å². The van der Waals surface area contributed by atoms with E-state index in [2.05, 4.69) is 41.5 Å². The highest BCUT2D eigenvalue weighted by Gasteiger charge is 2.31. The van der Waals surface area contributed by atoms with Crippen LogP contribution in [0.2, 0.25) is 0 Å². The van der Waals surface area contributed by atoms with Crippen molar-refractivity contribution in [3.05, 3.63) is 51.7 Å². The third kappa shape index (κ3) is 2.50. The number of hydrogen-bond donors (Lipinski definition) is 0. The first-order valence-electron chi connectivity index (χ1n) is 6.58. The lowest BCUT2D eigenvalue weighted by Crippen LogP contribution is -2.26. The van der Waals surface area contributed by atoms with Gasteiger partial charge in [0, 0.05) is 10.9 Å². The summed E-state index contributed by atoms with van der Waals surface area (Å²) in [5.41, 5.74) is 3.12. The third-order valence-corrected chi connectivity index (χ3v) is 4.40. The summed E-state index contributed by atoms with van der Waals surface area (Å²) in [6.45, 7) is 3.02. The Balaban J connectivity index is 1.99. The maximum absolute atomic E-state index is 9.35. The number of hydrogen-bond acceptors (Lipinski definition) is 3. The molecule has 0 N–H and O–H groups in total. The molecule has 0 spiro atoms. The lowest BCUT2D eigenvalue weighted by molar-refractivity contribution is 0.798. The molecule has 1 aromatic carbocycles. The van der Waals surface area contributed by atoms with Gasteiger partial charge < -0.3 is 4.90 Å². The van der Waals surface area contributed by atoms with Gasteiger partial charge in [-0.05, 0) is 42.8 Å². The van der Waals surface area contributed by atoms with Gasteiger partial charge in [-0.2, -0.15) is 5.26 Å². The second-order valence-electron chi connectivity index (χ2n) is 5.02. The van der Waals surface area contributed by atoms with E-state index in [0.29, 0.717) is 6.04 Å². The summed E-state index contributed by atoms with van der Waals surface area (Å²) in [5.74, 6) is 0. The van der Waals surface area contributed by atoms with E-state index in [1.165, 1.54) is 23.3 Å². The number of aryl methyl sites for hydroxylation is 1. The first-order chi connectivity index (χ1) is 9.29.